The Morgan fingerprint density at radius 3 is 2.27 bits per heavy atom. The van der Waals surface area contributed by atoms with Crippen LogP contribution in [0.3, 0.4) is 0 Å². The van der Waals surface area contributed by atoms with Crippen LogP contribution in [0.4, 0.5) is 0 Å². The number of likely N-dealkylation sites (N-methyl/N-ethyl adjacent to an activating group) is 1. The van der Waals surface area contributed by atoms with Gasteiger partial charge in [0, 0.05) is 13.0 Å². The van der Waals surface area contributed by atoms with Crippen LogP contribution in [-0.4, -0.2) is 30.8 Å². The van der Waals surface area contributed by atoms with E-state index < -0.39 is 0 Å². The standard InChI is InChI=1S/C13H27NO/c1-6-9-13(4,8-3)11-14(5)10-12(15)7-2/h6-11H2,1-5H3. The molecule has 0 spiro atoms. The Hall–Kier alpha value is -0.370. The maximum Gasteiger partial charge on any atom is 0.146 e. The molecule has 0 aromatic carbocycles. The molecule has 0 aliphatic heterocycles. The third-order valence-electron chi connectivity index (χ3n) is 3.20. The van der Waals surface area contributed by atoms with Crippen molar-refractivity contribution < 1.29 is 4.79 Å². The highest BCUT2D eigenvalue weighted by atomic mass is 16.1. The fourth-order valence-corrected chi connectivity index (χ4v) is 2.09. The molecule has 0 rings (SSSR count). The summed E-state index contributed by atoms with van der Waals surface area (Å²) in [4.78, 5) is 13.5. The molecule has 0 aliphatic rings. The highest BCUT2D eigenvalue weighted by molar-refractivity contribution is 5.80. The van der Waals surface area contributed by atoms with Crippen LogP contribution in [0, 0.1) is 5.41 Å². The lowest BCUT2D eigenvalue weighted by molar-refractivity contribution is -0.119. The van der Waals surface area contributed by atoms with E-state index in [9.17, 15) is 4.79 Å². The molecule has 15 heavy (non-hydrogen) atoms. The molecule has 0 bridgehead atoms. The lowest BCUT2D eigenvalue weighted by atomic mass is 9.82. The molecule has 1 unspecified atom stereocenters. The van der Waals surface area contributed by atoms with E-state index in [1.165, 1.54) is 19.3 Å². The molecule has 0 N–H and O–H groups in total. The largest absolute Gasteiger partial charge is 0.299 e. The molecule has 0 aromatic rings. The zero-order valence-electron chi connectivity index (χ0n) is 11.1. The Morgan fingerprint density at radius 2 is 1.87 bits per heavy atom. The third kappa shape index (κ3) is 5.93. The van der Waals surface area contributed by atoms with E-state index >= 15 is 0 Å². The lowest BCUT2D eigenvalue weighted by Crippen LogP contribution is -2.36. The van der Waals surface area contributed by atoms with Crippen molar-refractivity contribution in [3.63, 3.8) is 0 Å². The molecule has 0 aliphatic carbocycles. The maximum absolute atomic E-state index is 11.3. The molecule has 0 saturated carbocycles. The van der Waals surface area contributed by atoms with Gasteiger partial charge in [0.1, 0.15) is 5.78 Å². The first kappa shape index (κ1) is 14.6. The van der Waals surface area contributed by atoms with Crippen LogP contribution in [0.1, 0.15) is 53.4 Å². The highest BCUT2D eigenvalue weighted by Gasteiger charge is 2.23. The number of Topliss-reactive ketones (excluding diaryl/α,β-unsaturated/α-hetero) is 1. The van der Waals surface area contributed by atoms with Crippen molar-refractivity contribution in [2.45, 2.75) is 53.4 Å². The SMILES string of the molecule is CCCC(C)(CC)CN(C)CC(=O)CC. The number of ketones is 1. The van der Waals surface area contributed by atoms with Crippen molar-refractivity contribution in [3.8, 4) is 0 Å². The van der Waals surface area contributed by atoms with Gasteiger partial charge in [-0.2, -0.15) is 0 Å². The van der Waals surface area contributed by atoms with Gasteiger partial charge < -0.3 is 0 Å². The number of hydrogen-bond donors (Lipinski definition) is 0. The molecule has 0 amide bonds. The Labute approximate surface area is 95.0 Å². The molecule has 90 valence electrons. The second-order valence-electron chi connectivity index (χ2n) is 4.98. The van der Waals surface area contributed by atoms with Crippen molar-refractivity contribution >= 4 is 5.78 Å². The second kappa shape index (κ2) is 7.00. The van der Waals surface area contributed by atoms with Crippen LogP contribution in [0.5, 0.6) is 0 Å². The first-order valence-corrected chi connectivity index (χ1v) is 6.17. The summed E-state index contributed by atoms with van der Waals surface area (Å²) in [6.45, 7) is 10.4. The lowest BCUT2D eigenvalue weighted by Gasteiger charge is -2.32. The summed E-state index contributed by atoms with van der Waals surface area (Å²) >= 11 is 0. The fraction of sp³-hybridized carbons (Fsp3) is 0.923. The minimum atomic E-state index is 0.340. The molecule has 2 nitrogen and oxygen atoms in total. The minimum absolute atomic E-state index is 0.340. The van der Waals surface area contributed by atoms with E-state index in [4.69, 9.17) is 0 Å². The number of rotatable bonds is 8. The summed E-state index contributed by atoms with van der Waals surface area (Å²) in [6, 6.07) is 0. The molecular weight excluding hydrogens is 186 g/mol. The van der Waals surface area contributed by atoms with Gasteiger partial charge in [0.25, 0.3) is 0 Å². The van der Waals surface area contributed by atoms with Gasteiger partial charge in [-0.3, -0.25) is 9.69 Å². The van der Waals surface area contributed by atoms with Gasteiger partial charge in [-0.05, 0) is 25.3 Å². The zero-order chi connectivity index (χ0) is 11.9. The monoisotopic (exact) mass is 213 g/mol. The first-order valence-electron chi connectivity index (χ1n) is 6.17. The number of hydrogen-bond acceptors (Lipinski definition) is 2. The normalized spacial score (nSPS) is 15.3. The van der Waals surface area contributed by atoms with E-state index in [1.54, 1.807) is 0 Å². The van der Waals surface area contributed by atoms with E-state index in [2.05, 4.69) is 32.7 Å². The van der Waals surface area contributed by atoms with Crippen LogP contribution < -0.4 is 0 Å². The van der Waals surface area contributed by atoms with Gasteiger partial charge in [-0.1, -0.05) is 34.1 Å². The van der Waals surface area contributed by atoms with E-state index in [0.717, 1.165) is 6.54 Å². The highest BCUT2D eigenvalue weighted by Crippen LogP contribution is 2.27. The molecule has 1 atom stereocenters. The fourth-order valence-electron chi connectivity index (χ4n) is 2.09. The van der Waals surface area contributed by atoms with Gasteiger partial charge in [-0.25, -0.2) is 0 Å². The average Bonchev–Trinajstić information content (AvgIpc) is 2.17. The topological polar surface area (TPSA) is 20.3 Å². The molecule has 0 heterocycles. The molecule has 2 heteroatoms. The van der Waals surface area contributed by atoms with Gasteiger partial charge in [0.15, 0.2) is 0 Å². The van der Waals surface area contributed by atoms with E-state index in [0.29, 0.717) is 24.2 Å². The van der Waals surface area contributed by atoms with Crippen molar-refractivity contribution in [2.75, 3.05) is 20.1 Å². The summed E-state index contributed by atoms with van der Waals surface area (Å²) in [5.41, 5.74) is 0.373. The van der Waals surface area contributed by atoms with Crippen LogP contribution in [0.25, 0.3) is 0 Å². The van der Waals surface area contributed by atoms with Crippen molar-refractivity contribution in [2.24, 2.45) is 5.41 Å². The predicted molar refractivity (Wildman–Crippen MR) is 66.1 cm³/mol. The quantitative estimate of drug-likeness (QED) is 0.617. The van der Waals surface area contributed by atoms with Crippen LogP contribution >= 0.6 is 0 Å². The second-order valence-corrected chi connectivity index (χ2v) is 4.98. The van der Waals surface area contributed by atoms with Gasteiger partial charge in [0.05, 0.1) is 6.54 Å². The maximum atomic E-state index is 11.3. The predicted octanol–water partition coefficient (Wildman–Crippen LogP) is 3.11. The molecule has 0 aromatic heterocycles. The first-order chi connectivity index (χ1) is 6.97. The zero-order valence-corrected chi connectivity index (χ0v) is 11.1. The smallest absolute Gasteiger partial charge is 0.146 e. The average molecular weight is 213 g/mol. The van der Waals surface area contributed by atoms with Gasteiger partial charge >= 0.3 is 0 Å². The number of carbonyl (C=O) groups is 1. The van der Waals surface area contributed by atoms with Crippen molar-refractivity contribution in [1.82, 2.24) is 4.90 Å². The van der Waals surface area contributed by atoms with Crippen molar-refractivity contribution in [1.29, 1.82) is 0 Å². The summed E-state index contributed by atoms with van der Waals surface area (Å²) in [6.07, 6.45) is 4.31. The Bertz CT molecular complexity index is 191. The summed E-state index contributed by atoms with van der Waals surface area (Å²) in [5, 5.41) is 0. The number of carbonyl (C=O) groups excluding carboxylic acids is 1. The third-order valence-corrected chi connectivity index (χ3v) is 3.20. The minimum Gasteiger partial charge on any atom is -0.299 e. The van der Waals surface area contributed by atoms with Crippen LogP contribution in [0.2, 0.25) is 0 Å². The Balaban J connectivity index is 4.11. The molecular formula is C13H27NO. The van der Waals surface area contributed by atoms with Crippen molar-refractivity contribution in [3.05, 3.63) is 0 Å². The molecule has 0 fully saturated rings. The van der Waals surface area contributed by atoms with Gasteiger partial charge in [0.2, 0.25) is 0 Å². The number of nitrogens with zero attached hydrogens (tertiary/aromatic N) is 1. The Morgan fingerprint density at radius 1 is 1.27 bits per heavy atom. The Kier molecular flexibility index (Phi) is 6.82. The summed E-state index contributed by atoms with van der Waals surface area (Å²) in [7, 11) is 2.05. The molecule has 0 saturated heterocycles. The van der Waals surface area contributed by atoms with Gasteiger partial charge in [-0.15, -0.1) is 0 Å². The van der Waals surface area contributed by atoms with E-state index in [1.807, 2.05) is 6.92 Å². The molecule has 0 radical (unpaired) electrons. The van der Waals surface area contributed by atoms with Crippen LogP contribution in [-0.2, 0) is 4.79 Å². The van der Waals surface area contributed by atoms with Crippen LogP contribution in [0.15, 0.2) is 0 Å². The summed E-state index contributed by atoms with van der Waals surface area (Å²) < 4.78 is 0. The summed E-state index contributed by atoms with van der Waals surface area (Å²) in [5.74, 6) is 0.340. The van der Waals surface area contributed by atoms with E-state index in [-0.39, 0.29) is 0 Å².